The highest BCUT2D eigenvalue weighted by Gasteiger charge is 2.27. The standard InChI is InChI=1S/C6H6F3NO2/c7-6(8,9)2-3-10-5(11)1-4-12-10/h1,4H,2-3H2. The molecule has 3 nitrogen and oxygen atoms in total. The summed E-state index contributed by atoms with van der Waals surface area (Å²) in [4.78, 5) is 10.6. The molecule has 0 aliphatic heterocycles. The first-order valence-electron chi connectivity index (χ1n) is 3.20. The normalized spacial score (nSPS) is 11.9. The Morgan fingerprint density at radius 1 is 1.50 bits per heavy atom. The van der Waals surface area contributed by atoms with Gasteiger partial charge in [0, 0.05) is 6.07 Å². The molecule has 12 heavy (non-hydrogen) atoms. The second-order valence-corrected chi connectivity index (χ2v) is 2.21. The fraction of sp³-hybridized carbons (Fsp3) is 0.500. The molecule has 1 aromatic rings. The van der Waals surface area contributed by atoms with Crippen LogP contribution < -0.4 is 5.56 Å². The SMILES string of the molecule is O=c1ccon1CCC(F)(F)F. The van der Waals surface area contributed by atoms with E-state index in [1.54, 1.807) is 0 Å². The molecule has 1 aromatic heterocycles. The van der Waals surface area contributed by atoms with Crippen molar-refractivity contribution in [2.24, 2.45) is 0 Å². The van der Waals surface area contributed by atoms with Crippen LogP contribution in [0.15, 0.2) is 21.6 Å². The molecule has 0 radical (unpaired) electrons. The summed E-state index contributed by atoms with van der Waals surface area (Å²) in [5.41, 5.74) is -0.556. The molecule has 0 saturated carbocycles. The van der Waals surface area contributed by atoms with Crippen LogP contribution in [0.3, 0.4) is 0 Å². The van der Waals surface area contributed by atoms with Gasteiger partial charge >= 0.3 is 6.18 Å². The average molecular weight is 181 g/mol. The molecule has 1 heterocycles. The van der Waals surface area contributed by atoms with Gasteiger partial charge in [-0.05, 0) is 0 Å². The van der Waals surface area contributed by atoms with E-state index in [1.165, 1.54) is 0 Å². The molecule has 0 bridgehead atoms. The van der Waals surface area contributed by atoms with E-state index >= 15 is 0 Å². The zero-order valence-corrected chi connectivity index (χ0v) is 5.97. The van der Waals surface area contributed by atoms with Gasteiger partial charge in [0.2, 0.25) is 0 Å². The van der Waals surface area contributed by atoms with Crippen LogP contribution in [0.2, 0.25) is 0 Å². The molecule has 0 aliphatic carbocycles. The lowest BCUT2D eigenvalue weighted by Gasteiger charge is -2.04. The minimum atomic E-state index is -4.26. The Bertz CT molecular complexity index is 298. The van der Waals surface area contributed by atoms with Crippen LogP contribution in [0.4, 0.5) is 13.2 Å². The second kappa shape index (κ2) is 3.04. The third-order valence-corrected chi connectivity index (χ3v) is 1.24. The predicted molar refractivity (Wildman–Crippen MR) is 33.6 cm³/mol. The maximum absolute atomic E-state index is 11.6. The number of hydrogen-bond donors (Lipinski definition) is 0. The molecule has 0 N–H and O–H groups in total. The number of rotatable bonds is 2. The third-order valence-electron chi connectivity index (χ3n) is 1.24. The first-order valence-corrected chi connectivity index (χ1v) is 3.20. The van der Waals surface area contributed by atoms with E-state index in [0.717, 1.165) is 12.3 Å². The first-order chi connectivity index (χ1) is 5.49. The maximum atomic E-state index is 11.6. The summed E-state index contributed by atoms with van der Waals surface area (Å²) >= 11 is 0. The van der Waals surface area contributed by atoms with Crippen LogP contribution in [0.5, 0.6) is 0 Å². The van der Waals surface area contributed by atoms with Gasteiger partial charge in [-0.3, -0.25) is 4.79 Å². The Morgan fingerprint density at radius 2 is 2.17 bits per heavy atom. The van der Waals surface area contributed by atoms with Gasteiger partial charge < -0.3 is 4.52 Å². The summed E-state index contributed by atoms with van der Waals surface area (Å²) in [6.45, 7) is -0.463. The molecule has 0 atom stereocenters. The number of alkyl halides is 3. The van der Waals surface area contributed by atoms with Gasteiger partial charge in [-0.25, -0.2) is 0 Å². The fourth-order valence-electron chi connectivity index (χ4n) is 0.688. The van der Waals surface area contributed by atoms with Crippen molar-refractivity contribution in [3.63, 3.8) is 0 Å². The molecule has 0 fully saturated rings. The van der Waals surface area contributed by atoms with Crippen LogP contribution >= 0.6 is 0 Å². The average Bonchev–Trinajstić information content (AvgIpc) is 2.29. The lowest BCUT2D eigenvalue weighted by Crippen LogP contribution is -2.18. The zero-order valence-electron chi connectivity index (χ0n) is 5.97. The Hall–Kier alpha value is -1.20. The van der Waals surface area contributed by atoms with Gasteiger partial charge in [-0.1, -0.05) is 0 Å². The van der Waals surface area contributed by atoms with Crippen molar-refractivity contribution in [3.8, 4) is 0 Å². The van der Waals surface area contributed by atoms with E-state index in [2.05, 4.69) is 4.52 Å². The van der Waals surface area contributed by atoms with Crippen molar-refractivity contribution >= 4 is 0 Å². The van der Waals surface area contributed by atoms with Crippen molar-refractivity contribution in [1.29, 1.82) is 0 Å². The maximum Gasteiger partial charge on any atom is 0.390 e. The summed E-state index contributed by atoms with van der Waals surface area (Å²) in [5.74, 6) is 0. The van der Waals surface area contributed by atoms with Crippen LogP contribution in [-0.4, -0.2) is 10.9 Å². The van der Waals surface area contributed by atoms with Gasteiger partial charge in [0.25, 0.3) is 5.56 Å². The fourth-order valence-corrected chi connectivity index (χ4v) is 0.688. The second-order valence-electron chi connectivity index (χ2n) is 2.21. The molecular weight excluding hydrogens is 175 g/mol. The van der Waals surface area contributed by atoms with Crippen LogP contribution in [0.25, 0.3) is 0 Å². The quantitative estimate of drug-likeness (QED) is 0.691. The minimum Gasteiger partial charge on any atom is -0.384 e. The van der Waals surface area contributed by atoms with E-state index in [4.69, 9.17) is 0 Å². The summed E-state index contributed by atoms with van der Waals surface area (Å²) < 4.78 is 40.0. The lowest BCUT2D eigenvalue weighted by atomic mass is 10.4. The Morgan fingerprint density at radius 3 is 2.58 bits per heavy atom. The summed E-state index contributed by atoms with van der Waals surface area (Å²) in [7, 11) is 0. The number of hydrogen-bond acceptors (Lipinski definition) is 2. The van der Waals surface area contributed by atoms with Crippen LogP contribution in [0.1, 0.15) is 6.42 Å². The Kier molecular flexibility index (Phi) is 2.25. The Balaban J connectivity index is 2.55. The highest BCUT2D eigenvalue weighted by Crippen LogP contribution is 2.19. The van der Waals surface area contributed by atoms with E-state index in [9.17, 15) is 18.0 Å². The van der Waals surface area contributed by atoms with Gasteiger partial charge in [0.1, 0.15) is 6.26 Å². The van der Waals surface area contributed by atoms with Crippen molar-refractivity contribution in [3.05, 3.63) is 22.7 Å². The zero-order chi connectivity index (χ0) is 9.19. The van der Waals surface area contributed by atoms with Gasteiger partial charge in [-0.2, -0.15) is 17.9 Å². The predicted octanol–water partition coefficient (Wildman–Crippen LogP) is 1.39. The third kappa shape index (κ3) is 2.44. The smallest absolute Gasteiger partial charge is 0.384 e. The molecule has 0 unspecified atom stereocenters. The lowest BCUT2D eigenvalue weighted by molar-refractivity contribution is -0.139. The molecule has 0 saturated heterocycles. The van der Waals surface area contributed by atoms with Crippen molar-refractivity contribution in [2.45, 2.75) is 19.1 Å². The van der Waals surface area contributed by atoms with E-state index in [1.807, 2.05) is 0 Å². The largest absolute Gasteiger partial charge is 0.390 e. The van der Waals surface area contributed by atoms with Gasteiger partial charge in [0.15, 0.2) is 0 Å². The molecule has 0 aromatic carbocycles. The van der Waals surface area contributed by atoms with Crippen LogP contribution in [-0.2, 0) is 6.54 Å². The number of aryl methyl sites for hydroxylation is 1. The first kappa shape index (κ1) is 8.89. The van der Waals surface area contributed by atoms with E-state index < -0.39 is 24.7 Å². The number of aromatic nitrogens is 1. The Labute approximate surface area is 65.4 Å². The van der Waals surface area contributed by atoms with Crippen molar-refractivity contribution in [2.75, 3.05) is 0 Å². The highest BCUT2D eigenvalue weighted by molar-refractivity contribution is 4.75. The van der Waals surface area contributed by atoms with Crippen molar-refractivity contribution in [1.82, 2.24) is 4.74 Å². The number of halogens is 3. The molecule has 68 valence electrons. The number of nitrogens with zero attached hydrogens (tertiary/aromatic N) is 1. The van der Waals surface area contributed by atoms with E-state index in [0.29, 0.717) is 4.74 Å². The monoisotopic (exact) mass is 181 g/mol. The topological polar surface area (TPSA) is 35.1 Å². The van der Waals surface area contributed by atoms with E-state index in [-0.39, 0.29) is 0 Å². The molecule has 0 amide bonds. The molecule has 0 spiro atoms. The summed E-state index contributed by atoms with van der Waals surface area (Å²) in [6.07, 6.45) is -4.26. The summed E-state index contributed by atoms with van der Waals surface area (Å²) in [6, 6.07) is 1.07. The molecular formula is C6H6F3NO2. The van der Waals surface area contributed by atoms with Crippen LogP contribution in [0, 0.1) is 0 Å². The van der Waals surface area contributed by atoms with Crippen molar-refractivity contribution < 1.29 is 17.7 Å². The molecule has 0 aliphatic rings. The minimum absolute atomic E-state index is 0.463. The van der Waals surface area contributed by atoms with Gasteiger partial charge in [0.05, 0.1) is 13.0 Å². The summed E-state index contributed by atoms with van der Waals surface area (Å²) in [5, 5.41) is 0. The van der Waals surface area contributed by atoms with Gasteiger partial charge in [-0.15, -0.1) is 0 Å². The molecule has 1 rings (SSSR count). The molecule has 6 heteroatoms. The highest BCUT2D eigenvalue weighted by atomic mass is 19.4.